The molecule has 0 aromatic heterocycles. The number of hydrogen-bond donors (Lipinski definition) is 1. The summed E-state index contributed by atoms with van der Waals surface area (Å²) in [5, 5.41) is 10.9. The van der Waals surface area contributed by atoms with Gasteiger partial charge in [0.15, 0.2) is 0 Å². The largest absolute Gasteiger partial charge is 0.388 e. The lowest BCUT2D eigenvalue weighted by Gasteiger charge is -2.16. The second kappa shape index (κ2) is 20.2. The molecule has 1 rings (SSSR count). The molecule has 1 atom stereocenters. The van der Waals surface area contributed by atoms with E-state index in [4.69, 9.17) is 16.6 Å². The maximum Gasteiger partial charge on any atom is 0.0790 e. The van der Waals surface area contributed by atoms with Gasteiger partial charge in [-0.1, -0.05) is 114 Å². The summed E-state index contributed by atoms with van der Waals surface area (Å²) in [6.07, 6.45) is 10.4. The minimum Gasteiger partial charge on any atom is -0.388 e. The number of unbranched alkanes of at least 4 members (excludes halogenated alkanes) is 1. The first-order valence-corrected chi connectivity index (χ1v) is 13.4. The van der Waals surface area contributed by atoms with Crippen LogP contribution in [0.3, 0.4) is 0 Å². The molecule has 0 heterocycles. The van der Waals surface area contributed by atoms with Gasteiger partial charge in [0, 0.05) is 15.2 Å². The molecule has 33 heavy (non-hydrogen) atoms. The van der Waals surface area contributed by atoms with Crippen LogP contribution in [0, 0.1) is 12.8 Å². The zero-order valence-electron chi connectivity index (χ0n) is 22.4. The molecule has 1 unspecified atom stereocenters. The van der Waals surface area contributed by atoms with Crippen LogP contribution in [0.4, 0.5) is 5.69 Å². The summed E-state index contributed by atoms with van der Waals surface area (Å²) in [5.74, 6) is 0.377. The van der Waals surface area contributed by atoms with Gasteiger partial charge in [-0.2, -0.15) is 0 Å². The molecule has 1 N–H and O–H groups in total. The van der Waals surface area contributed by atoms with Crippen LogP contribution in [-0.4, -0.2) is 10.8 Å². The smallest absolute Gasteiger partial charge is 0.0790 e. The second-order valence-electron chi connectivity index (χ2n) is 8.24. The minimum atomic E-state index is -0.383. The third-order valence-corrected chi connectivity index (χ3v) is 6.14. The number of halogens is 2. The second-order valence-corrected chi connectivity index (χ2v) is 9.59. The van der Waals surface area contributed by atoms with E-state index in [0.717, 1.165) is 51.3 Å². The van der Waals surface area contributed by atoms with Gasteiger partial charge in [-0.3, -0.25) is 4.99 Å². The fourth-order valence-electron chi connectivity index (χ4n) is 2.52. The Balaban J connectivity index is 0. The maximum atomic E-state index is 10.0. The van der Waals surface area contributed by atoms with Crippen LogP contribution in [0.25, 0.3) is 0 Å². The summed E-state index contributed by atoms with van der Waals surface area (Å²) >= 11 is 9.24. The van der Waals surface area contributed by atoms with E-state index in [-0.39, 0.29) is 6.10 Å². The first-order valence-electron chi connectivity index (χ1n) is 12.2. The third-order valence-electron chi connectivity index (χ3n) is 5.10. The zero-order valence-corrected chi connectivity index (χ0v) is 24.8. The fraction of sp³-hybridized carbons (Fsp3) is 0.552. The predicted molar refractivity (Wildman–Crippen MR) is 155 cm³/mol. The molecule has 0 aliphatic carbocycles. The monoisotopic (exact) mass is 539 g/mol. The number of nitrogens with zero attached hydrogens (tertiary/aromatic N) is 1. The van der Waals surface area contributed by atoms with Crippen molar-refractivity contribution in [2.24, 2.45) is 10.9 Å². The molecule has 188 valence electrons. The van der Waals surface area contributed by atoms with Crippen molar-refractivity contribution in [1.82, 2.24) is 0 Å². The van der Waals surface area contributed by atoms with Crippen LogP contribution in [0.1, 0.15) is 104 Å². The maximum absolute atomic E-state index is 10.0. The van der Waals surface area contributed by atoms with E-state index in [1.807, 2.05) is 39.0 Å². The summed E-state index contributed by atoms with van der Waals surface area (Å²) in [6.45, 7) is 22.4. The highest BCUT2D eigenvalue weighted by molar-refractivity contribution is 9.11. The molecule has 0 fully saturated rings. The lowest BCUT2D eigenvalue weighted by Crippen LogP contribution is -2.01. The molecule has 1 aromatic carbocycles. The third kappa shape index (κ3) is 14.7. The van der Waals surface area contributed by atoms with Gasteiger partial charge in [-0.25, -0.2) is 0 Å². The Kier molecular flexibility index (Phi) is 20.9. The predicted octanol–water partition coefficient (Wildman–Crippen LogP) is 10.5. The highest BCUT2D eigenvalue weighted by Gasteiger charge is 2.13. The zero-order chi connectivity index (χ0) is 26.0. The van der Waals surface area contributed by atoms with E-state index in [1.165, 1.54) is 18.4 Å². The number of aliphatic hydroxyl groups is 1. The van der Waals surface area contributed by atoms with Crippen LogP contribution in [0.15, 0.2) is 51.4 Å². The number of hydrogen-bond acceptors (Lipinski definition) is 2. The normalized spacial score (nSPS) is 13.1. The Labute approximate surface area is 218 Å². The topological polar surface area (TPSA) is 32.6 Å². The molecule has 0 saturated heterocycles. The van der Waals surface area contributed by atoms with Crippen molar-refractivity contribution in [3.63, 3.8) is 0 Å². The highest BCUT2D eigenvalue weighted by atomic mass is 79.9. The van der Waals surface area contributed by atoms with Crippen molar-refractivity contribution < 1.29 is 5.11 Å². The van der Waals surface area contributed by atoms with Crippen molar-refractivity contribution in [3.8, 4) is 0 Å². The van der Waals surface area contributed by atoms with E-state index >= 15 is 0 Å². The Morgan fingerprint density at radius 1 is 1.15 bits per heavy atom. The van der Waals surface area contributed by atoms with Crippen molar-refractivity contribution in [3.05, 3.63) is 63.1 Å². The van der Waals surface area contributed by atoms with Crippen LogP contribution in [0.5, 0.6) is 0 Å². The van der Waals surface area contributed by atoms with E-state index < -0.39 is 0 Å². The summed E-state index contributed by atoms with van der Waals surface area (Å²) < 4.78 is 0.950. The van der Waals surface area contributed by atoms with Gasteiger partial charge < -0.3 is 5.11 Å². The Hall–Kier alpha value is -1.16. The molecular formula is C29H47BrClNO. The Morgan fingerprint density at radius 3 is 2.12 bits per heavy atom. The number of benzene rings is 1. The molecule has 0 aliphatic rings. The first kappa shape index (κ1) is 34.0. The Morgan fingerprint density at radius 2 is 1.73 bits per heavy atom. The van der Waals surface area contributed by atoms with Crippen LogP contribution < -0.4 is 0 Å². The van der Waals surface area contributed by atoms with Gasteiger partial charge in [-0.15, -0.1) is 0 Å². The summed E-state index contributed by atoms with van der Waals surface area (Å²) in [5.41, 5.74) is 5.58. The molecular weight excluding hydrogens is 494 g/mol. The lowest BCUT2D eigenvalue weighted by molar-refractivity contribution is 0.173. The first-order chi connectivity index (χ1) is 15.5. The molecule has 1 aromatic rings. The molecule has 0 aliphatic heterocycles. The van der Waals surface area contributed by atoms with E-state index in [9.17, 15) is 5.11 Å². The van der Waals surface area contributed by atoms with Crippen LogP contribution in [0.2, 0.25) is 0 Å². The van der Waals surface area contributed by atoms with Crippen LogP contribution in [-0.2, 0) is 6.42 Å². The Bertz CT molecular complexity index is 776. The molecule has 0 bridgehead atoms. The summed E-state index contributed by atoms with van der Waals surface area (Å²) in [6, 6.07) is 4.14. The van der Waals surface area contributed by atoms with Crippen molar-refractivity contribution in [2.75, 3.05) is 0 Å². The standard InChI is InChI=1S/C16H25NO.C9H12BrCl.C4H10/c1-6-11(4)17-16-12(5)14(15(18)8-3)10-9-13(16)7-2;1-4-5-8(10)6-9(11)7(2)3;1-3-4-2/h9-10,15,18H,6-8H2,1-5H3;4-7H,1H2,2-3H3;3-4H2,1-2H3/b;8-5+,9-6+;. The average molecular weight is 541 g/mol. The van der Waals surface area contributed by atoms with Crippen molar-refractivity contribution >= 4 is 38.9 Å². The van der Waals surface area contributed by atoms with Gasteiger partial charge in [0.05, 0.1) is 11.8 Å². The number of aliphatic imine (C=N–C) groups is 1. The van der Waals surface area contributed by atoms with E-state index in [2.05, 4.69) is 70.1 Å². The average Bonchev–Trinajstić information content (AvgIpc) is 2.80. The number of aryl methyl sites for hydroxylation is 1. The molecule has 2 nitrogen and oxygen atoms in total. The van der Waals surface area contributed by atoms with Gasteiger partial charge >= 0.3 is 0 Å². The van der Waals surface area contributed by atoms with Gasteiger partial charge in [0.2, 0.25) is 0 Å². The fourth-order valence-corrected chi connectivity index (χ4v) is 3.21. The van der Waals surface area contributed by atoms with Gasteiger partial charge in [0.25, 0.3) is 0 Å². The van der Waals surface area contributed by atoms with Crippen LogP contribution >= 0.6 is 27.5 Å². The quantitative estimate of drug-likeness (QED) is 0.245. The molecule has 4 heteroatoms. The molecule has 0 spiro atoms. The molecule has 0 saturated carbocycles. The minimum absolute atomic E-state index is 0.377. The summed E-state index contributed by atoms with van der Waals surface area (Å²) in [4.78, 5) is 4.73. The van der Waals surface area contributed by atoms with Crippen molar-refractivity contribution in [1.29, 1.82) is 0 Å². The van der Waals surface area contributed by atoms with Gasteiger partial charge in [0.1, 0.15) is 0 Å². The highest BCUT2D eigenvalue weighted by Crippen LogP contribution is 2.32. The van der Waals surface area contributed by atoms with Gasteiger partial charge in [-0.05, 0) is 67.9 Å². The van der Waals surface area contributed by atoms with E-state index in [1.54, 1.807) is 6.08 Å². The van der Waals surface area contributed by atoms with E-state index in [0.29, 0.717) is 5.92 Å². The lowest BCUT2D eigenvalue weighted by atomic mass is 9.96. The summed E-state index contributed by atoms with van der Waals surface area (Å²) in [7, 11) is 0. The molecule has 0 amide bonds. The number of rotatable bonds is 9. The SMILES string of the molecule is C=C/C=C(Br)\C=C(\Cl)C(C)C.CCC(C)=Nc1c(CC)ccc(C(O)CC)c1C.CCCC. The molecule has 0 radical (unpaired) electrons. The number of aliphatic hydroxyl groups excluding tert-OH is 1. The van der Waals surface area contributed by atoms with Crippen molar-refractivity contribution in [2.45, 2.75) is 101 Å². The number of allylic oxidation sites excluding steroid dienone is 5.